The highest BCUT2D eigenvalue weighted by atomic mass is 16.3. The lowest BCUT2D eigenvalue weighted by atomic mass is 9.83. The number of carbonyl (C=O) groups is 1. The highest BCUT2D eigenvalue weighted by molar-refractivity contribution is 5.79. The zero-order valence-corrected chi connectivity index (χ0v) is 8.49. The largest absolute Gasteiger partial charge is 0.384 e. The van der Waals surface area contributed by atoms with Crippen LogP contribution >= 0.6 is 0 Å². The van der Waals surface area contributed by atoms with E-state index in [1.165, 1.54) is 26.2 Å². The van der Waals surface area contributed by atoms with E-state index in [-0.39, 0.29) is 5.91 Å². The molecule has 0 aromatic heterocycles. The third kappa shape index (κ3) is 2.99. The number of aliphatic hydroxyl groups is 1. The molecule has 0 bridgehead atoms. The highest BCUT2D eigenvalue weighted by Gasteiger charge is 2.20. The van der Waals surface area contributed by atoms with E-state index in [4.69, 9.17) is 5.11 Å². The Morgan fingerprint density at radius 1 is 1.62 bits per heavy atom. The van der Waals surface area contributed by atoms with Crippen LogP contribution in [-0.4, -0.2) is 35.6 Å². The fourth-order valence-electron chi connectivity index (χ4n) is 1.59. The molecule has 1 amide bonds. The van der Waals surface area contributed by atoms with Gasteiger partial charge in [-0.1, -0.05) is 19.3 Å². The Morgan fingerprint density at radius 2 is 2.23 bits per heavy atom. The fraction of sp³-hybridized carbons (Fsp3) is 0.900. The normalized spacial score (nSPS) is 19.3. The van der Waals surface area contributed by atoms with Crippen LogP contribution in [-0.2, 0) is 4.79 Å². The minimum atomic E-state index is -0.855. The predicted molar refractivity (Wildman–Crippen MR) is 51.3 cm³/mol. The lowest BCUT2D eigenvalue weighted by molar-refractivity contribution is -0.138. The lowest BCUT2D eigenvalue weighted by Gasteiger charge is -2.28. The van der Waals surface area contributed by atoms with E-state index in [1.54, 1.807) is 11.9 Å². The fourth-order valence-corrected chi connectivity index (χ4v) is 1.59. The molecule has 0 aromatic carbocycles. The van der Waals surface area contributed by atoms with E-state index in [9.17, 15) is 4.79 Å². The van der Waals surface area contributed by atoms with Crippen molar-refractivity contribution < 1.29 is 9.90 Å². The van der Waals surface area contributed by atoms with Crippen LogP contribution in [0.5, 0.6) is 0 Å². The summed E-state index contributed by atoms with van der Waals surface area (Å²) in [6, 6.07) is 0. The number of nitrogens with zero attached hydrogens (tertiary/aromatic N) is 1. The predicted octanol–water partition coefficient (Wildman–Crippen LogP) is 1.02. The second-order valence-corrected chi connectivity index (χ2v) is 4.02. The summed E-state index contributed by atoms with van der Waals surface area (Å²) in [4.78, 5) is 12.9. The smallest absolute Gasteiger partial charge is 0.250 e. The second-order valence-electron chi connectivity index (χ2n) is 4.02. The molecule has 0 saturated heterocycles. The van der Waals surface area contributed by atoms with E-state index < -0.39 is 6.10 Å². The Hall–Kier alpha value is -0.570. The minimum Gasteiger partial charge on any atom is -0.384 e. The molecule has 1 aliphatic rings. The number of hydrogen-bond donors (Lipinski definition) is 1. The second kappa shape index (κ2) is 4.61. The summed E-state index contributed by atoms with van der Waals surface area (Å²) in [5.41, 5.74) is 0. The van der Waals surface area contributed by atoms with Gasteiger partial charge in [0.25, 0.3) is 5.91 Å². The van der Waals surface area contributed by atoms with Crippen molar-refractivity contribution in [1.29, 1.82) is 0 Å². The molecule has 0 radical (unpaired) electrons. The van der Waals surface area contributed by atoms with E-state index in [1.807, 2.05) is 0 Å². The Bertz CT molecular complexity index is 176. The van der Waals surface area contributed by atoms with E-state index >= 15 is 0 Å². The van der Waals surface area contributed by atoms with Gasteiger partial charge in [-0.05, 0) is 19.3 Å². The number of likely N-dealkylation sites (N-methyl/N-ethyl adjacent to an activating group) is 1. The number of aliphatic hydroxyl groups excluding tert-OH is 1. The standard InChI is InChI=1S/C10H19NO2/c1-8(12)10(13)11(2)7-6-9-4-3-5-9/h8-9,12H,3-7H2,1-2H3. The van der Waals surface area contributed by atoms with Crippen molar-refractivity contribution in [2.45, 2.75) is 38.7 Å². The molecule has 1 fully saturated rings. The van der Waals surface area contributed by atoms with Gasteiger partial charge in [0.05, 0.1) is 0 Å². The first kappa shape index (κ1) is 10.5. The van der Waals surface area contributed by atoms with Crippen LogP contribution in [0.2, 0.25) is 0 Å². The number of carbonyl (C=O) groups excluding carboxylic acids is 1. The van der Waals surface area contributed by atoms with Gasteiger partial charge >= 0.3 is 0 Å². The van der Waals surface area contributed by atoms with Crippen molar-refractivity contribution in [3.8, 4) is 0 Å². The lowest BCUT2D eigenvalue weighted by Crippen LogP contribution is -2.36. The zero-order valence-electron chi connectivity index (χ0n) is 8.49. The van der Waals surface area contributed by atoms with E-state index in [0.717, 1.165) is 18.9 Å². The van der Waals surface area contributed by atoms with Crippen molar-refractivity contribution in [1.82, 2.24) is 4.90 Å². The van der Waals surface area contributed by atoms with Crippen molar-refractivity contribution in [2.24, 2.45) is 5.92 Å². The molecule has 0 aliphatic heterocycles. The summed E-state index contributed by atoms with van der Waals surface area (Å²) in [5, 5.41) is 9.04. The molecule has 3 nitrogen and oxygen atoms in total. The summed E-state index contributed by atoms with van der Waals surface area (Å²) < 4.78 is 0. The monoisotopic (exact) mass is 185 g/mol. The van der Waals surface area contributed by atoms with E-state index in [2.05, 4.69) is 0 Å². The third-order valence-electron chi connectivity index (χ3n) is 2.83. The van der Waals surface area contributed by atoms with Crippen molar-refractivity contribution in [3.05, 3.63) is 0 Å². The van der Waals surface area contributed by atoms with Gasteiger partial charge in [0.15, 0.2) is 0 Å². The zero-order chi connectivity index (χ0) is 9.84. The van der Waals surface area contributed by atoms with Crippen LogP contribution < -0.4 is 0 Å². The summed E-state index contributed by atoms with van der Waals surface area (Å²) in [5.74, 6) is 0.656. The quantitative estimate of drug-likeness (QED) is 0.710. The maximum absolute atomic E-state index is 11.2. The van der Waals surface area contributed by atoms with Gasteiger partial charge in [-0.2, -0.15) is 0 Å². The van der Waals surface area contributed by atoms with E-state index in [0.29, 0.717) is 0 Å². The van der Waals surface area contributed by atoms with Gasteiger partial charge in [-0.25, -0.2) is 0 Å². The van der Waals surface area contributed by atoms with Crippen LogP contribution in [0.3, 0.4) is 0 Å². The molecule has 0 aromatic rings. The molecule has 1 saturated carbocycles. The van der Waals surface area contributed by atoms with Gasteiger partial charge in [0, 0.05) is 13.6 Å². The van der Waals surface area contributed by atoms with Gasteiger partial charge in [0.1, 0.15) is 6.10 Å². The Morgan fingerprint density at radius 3 is 2.62 bits per heavy atom. The van der Waals surface area contributed by atoms with Gasteiger partial charge in [-0.3, -0.25) is 4.79 Å². The SMILES string of the molecule is CC(O)C(=O)N(C)CCC1CCC1. The molecule has 3 heteroatoms. The van der Waals surface area contributed by atoms with Gasteiger partial charge in [0.2, 0.25) is 0 Å². The average molecular weight is 185 g/mol. The first-order valence-corrected chi connectivity index (χ1v) is 5.04. The number of hydrogen-bond acceptors (Lipinski definition) is 2. The molecule has 1 aliphatic carbocycles. The third-order valence-corrected chi connectivity index (χ3v) is 2.83. The topological polar surface area (TPSA) is 40.5 Å². The van der Waals surface area contributed by atoms with Crippen LogP contribution in [0.1, 0.15) is 32.6 Å². The molecule has 13 heavy (non-hydrogen) atoms. The molecular weight excluding hydrogens is 166 g/mol. The Labute approximate surface area is 79.7 Å². The van der Waals surface area contributed by atoms with Crippen molar-refractivity contribution in [2.75, 3.05) is 13.6 Å². The summed E-state index contributed by atoms with van der Waals surface area (Å²) in [6.07, 6.45) is 4.22. The average Bonchev–Trinajstić information content (AvgIpc) is 1.99. The molecule has 1 unspecified atom stereocenters. The molecule has 1 atom stereocenters. The van der Waals surface area contributed by atoms with Crippen LogP contribution in [0.15, 0.2) is 0 Å². The van der Waals surface area contributed by atoms with Gasteiger partial charge in [-0.15, -0.1) is 0 Å². The summed E-state index contributed by atoms with van der Waals surface area (Å²) in [6.45, 7) is 2.30. The highest BCUT2D eigenvalue weighted by Crippen LogP contribution is 2.29. The van der Waals surface area contributed by atoms with Crippen molar-refractivity contribution >= 4 is 5.91 Å². The van der Waals surface area contributed by atoms with Crippen LogP contribution in [0.4, 0.5) is 0 Å². The van der Waals surface area contributed by atoms with Crippen molar-refractivity contribution in [3.63, 3.8) is 0 Å². The molecular formula is C10H19NO2. The Balaban J connectivity index is 2.15. The molecule has 1 N–H and O–H groups in total. The minimum absolute atomic E-state index is 0.167. The molecule has 0 spiro atoms. The molecule has 1 rings (SSSR count). The maximum Gasteiger partial charge on any atom is 0.250 e. The molecule has 76 valence electrons. The van der Waals surface area contributed by atoms with Crippen LogP contribution in [0, 0.1) is 5.92 Å². The summed E-state index contributed by atoms with van der Waals surface area (Å²) in [7, 11) is 1.76. The number of amides is 1. The summed E-state index contributed by atoms with van der Waals surface area (Å²) >= 11 is 0. The first-order valence-electron chi connectivity index (χ1n) is 5.04. The number of rotatable bonds is 4. The molecule has 0 heterocycles. The van der Waals surface area contributed by atoms with Gasteiger partial charge < -0.3 is 10.0 Å². The Kier molecular flexibility index (Phi) is 3.72. The van der Waals surface area contributed by atoms with Crippen LogP contribution in [0.25, 0.3) is 0 Å². The first-order chi connectivity index (χ1) is 6.11. The maximum atomic E-state index is 11.2.